The highest BCUT2D eigenvalue weighted by Crippen LogP contribution is 2.43. The van der Waals surface area contributed by atoms with Crippen LogP contribution < -0.4 is 0 Å². The number of esters is 4. The van der Waals surface area contributed by atoms with Crippen LogP contribution in [0.15, 0.2) is 0 Å². The fraction of sp³-hybridized carbons (Fsp3) is 0.714. The predicted octanol–water partition coefficient (Wildman–Crippen LogP) is -1.40. The molecule has 140 valence electrons. The van der Waals surface area contributed by atoms with E-state index >= 15 is 0 Å². The molecule has 2 heterocycles. The lowest BCUT2D eigenvalue weighted by Crippen LogP contribution is -2.44. The van der Waals surface area contributed by atoms with E-state index in [0.717, 1.165) is 26.6 Å². The summed E-state index contributed by atoms with van der Waals surface area (Å²) in [6.45, 7) is 0. The minimum Gasteiger partial charge on any atom is -0.469 e. The Hall–Kier alpha value is -2.24. The summed E-state index contributed by atoms with van der Waals surface area (Å²) in [5.41, 5.74) is 0. The zero-order valence-electron chi connectivity index (χ0n) is 14.1. The van der Waals surface area contributed by atoms with Gasteiger partial charge in [-0.15, -0.1) is 0 Å². The van der Waals surface area contributed by atoms with Crippen molar-refractivity contribution in [2.75, 3.05) is 28.4 Å². The Bertz CT molecular complexity index is 564. The maximum Gasteiger partial charge on any atom is 0.338 e. The van der Waals surface area contributed by atoms with Crippen LogP contribution in [0.5, 0.6) is 0 Å². The van der Waals surface area contributed by atoms with Gasteiger partial charge in [0.05, 0.1) is 40.9 Å². The number of carbonyl (C=O) groups excluding carboxylic acids is 4. The molecule has 2 aliphatic rings. The topological polar surface area (TPSA) is 127 Å². The van der Waals surface area contributed by atoms with Crippen molar-refractivity contribution in [1.82, 2.24) is 5.23 Å². The molecule has 2 aliphatic heterocycles. The first-order valence-electron chi connectivity index (χ1n) is 7.32. The summed E-state index contributed by atoms with van der Waals surface area (Å²) in [6, 6.07) is -0.945. The van der Waals surface area contributed by atoms with Crippen molar-refractivity contribution in [3.8, 4) is 0 Å². The second-order valence-electron chi connectivity index (χ2n) is 5.37. The minimum absolute atomic E-state index is 0.262. The highest BCUT2D eigenvalue weighted by Gasteiger charge is 2.63. The summed E-state index contributed by atoms with van der Waals surface area (Å²) in [4.78, 5) is 58.5. The quantitative estimate of drug-likeness (QED) is 0.424. The molecular formula is C14H19NO10. The van der Waals surface area contributed by atoms with Crippen LogP contribution in [0.2, 0.25) is 0 Å². The van der Waals surface area contributed by atoms with Crippen molar-refractivity contribution < 1.29 is 47.8 Å². The number of carbonyl (C=O) groups is 4. The molecule has 0 spiro atoms. The van der Waals surface area contributed by atoms with Crippen molar-refractivity contribution in [1.29, 1.82) is 0 Å². The Morgan fingerprint density at radius 3 is 1.84 bits per heavy atom. The van der Waals surface area contributed by atoms with E-state index in [1.807, 2.05) is 0 Å². The third-order valence-corrected chi connectivity index (χ3v) is 4.17. The van der Waals surface area contributed by atoms with Crippen LogP contribution >= 0.6 is 0 Å². The van der Waals surface area contributed by atoms with Gasteiger partial charge in [-0.3, -0.25) is 19.3 Å². The molecule has 2 fully saturated rings. The fourth-order valence-electron chi connectivity index (χ4n) is 2.99. The lowest BCUT2D eigenvalue weighted by molar-refractivity contribution is -0.350. The molecule has 0 aromatic carbocycles. The van der Waals surface area contributed by atoms with Gasteiger partial charge in [0.2, 0.25) is 0 Å². The Kier molecular flexibility index (Phi) is 5.93. The van der Waals surface area contributed by atoms with Crippen LogP contribution in [0.25, 0.3) is 0 Å². The van der Waals surface area contributed by atoms with Gasteiger partial charge in [-0.25, -0.2) is 9.59 Å². The second kappa shape index (κ2) is 7.76. The van der Waals surface area contributed by atoms with Crippen LogP contribution in [0, 0.1) is 11.8 Å². The molecule has 0 N–H and O–H groups in total. The first-order chi connectivity index (χ1) is 11.9. The Morgan fingerprint density at radius 1 is 0.800 bits per heavy atom. The van der Waals surface area contributed by atoms with Crippen LogP contribution in [0.3, 0.4) is 0 Å². The molecule has 2 saturated heterocycles. The zero-order valence-corrected chi connectivity index (χ0v) is 14.1. The minimum atomic E-state index is -1.33. The number of methoxy groups -OCH3 is 4. The summed E-state index contributed by atoms with van der Waals surface area (Å²) in [6.07, 6.45) is -2.80. The molecule has 0 aromatic rings. The number of nitrogens with zero attached hydrogens (tertiary/aromatic N) is 1. The molecule has 0 aromatic heterocycles. The summed E-state index contributed by atoms with van der Waals surface area (Å²) in [7, 11) is 4.61. The van der Waals surface area contributed by atoms with Crippen LogP contribution in [0.1, 0.15) is 6.42 Å². The molecule has 0 amide bonds. The highest BCUT2D eigenvalue weighted by atomic mass is 17.0. The van der Waals surface area contributed by atoms with E-state index < -0.39 is 54.0 Å². The maximum absolute atomic E-state index is 12.2. The van der Waals surface area contributed by atoms with Crippen molar-refractivity contribution in [2.45, 2.75) is 24.7 Å². The van der Waals surface area contributed by atoms with E-state index in [1.165, 1.54) is 7.11 Å². The Balaban J connectivity index is 2.38. The van der Waals surface area contributed by atoms with E-state index in [0.29, 0.717) is 0 Å². The number of ether oxygens (including phenoxy) is 4. The molecule has 11 nitrogen and oxygen atoms in total. The van der Waals surface area contributed by atoms with Crippen molar-refractivity contribution in [2.24, 2.45) is 11.8 Å². The van der Waals surface area contributed by atoms with E-state index in [2.05, 4.69) is 14.2 Å². The normalized spacial score (nSPS) is 31.1. The average molecular weight is 361 g/mol. The molecule has 0 unspecified atom stereocenters. The summed E-state index contributed by atoms with van der Waals surface area (Å²) >= 11 is 0. The summed E-state index contributed by atoms with van der Waals surface area (Å²) < 4.78 is 18.6. The standard InChI is InChI=1S/C14H19NO10/c1-20-7(16)5-6-9-8(12(17)21-2)11(14(19)23-4)25-15(9)24-10(6)13(18)22-3/h6,8-11H,5H2,1-4H3/t6-,8+,9-,10+,11-/m1/s1. The average Bonchev–Trinajstić information content (AvgIpc) is 3.16. The van der Waals surface area contributed by atoms with Crippen molar-refractivity contribution in [3.05, 3.63) is 0 Å². The van der Waals surface area contributed by atoms with Crippen LogP contribution in [0.4, 0.5) is 0 Å². The monoisotopic (exact) mass is 361 g/mol. The third kappa shape index (κ3) is 3.43. The van der Waals surface area contributed by atoms with Crippen molar-refractivity contribution in [3.63, 3.8) is 0 Å². The molecule has 0 aliphatic carbocycles. The number of rotatable bonds is 5. The van der Waals surface area contributed by atoms with Crippen molar-refractivity contribution >= 4 is 23.9 Å². The first-order valence-corrected chi connectivity index (χ1v) is 7.32. The van der Waals surface area contributed by atoms with Gasteiger partial charge < -0.3 is 18.9 Å². The summed E-state index contributed by atoms with van der Waals surface area (Å²) in [5.74, 6) is -5.01. The van der Waals surface area contributed by atoms with Crippen LogP contribution in [-0.4, -0.2) is 75.8 Å². The molecular weight excluding hydrogens is 342 g/mol. The Morgan fingerprint density at radius 2 is 1.32 bits per heavy atom. The molecule has 0 radical (unpaired) electrons. The van der Waals surface area contributed by atoms with Gasteiger partial charge in [-0.1, -0.05) is 5.23 Å². The smallest absolute Gasteiger partial charge is 0.338 e. The van der Waals surface area contributed by atoms with Gasteiger partial charge in [-0.05, 0) is 0 Å². The molecule has 11 heteroatoms. The van der Waals surface area contributed by atoms with E-state index in [1.54, 1.807) is 0 Å². The fourth-order valence-corrected chi connectivity index (χ4v) is 2.99. The van der Waals surface area contributed by atoms with Gasteiger partial charge in [0, 0.05) is 5.92 Å². The first kappa shape index (κ1) is 19.1. The Labute approximate surface area is 142 Å². The molecule has 0 saturated carbocycles. The zero-order chi connectivity index (χ0) is 18.7. The molecule has 25 heavy (non-hydrogen) atoms. The van der Waals surface area contributed by atoms with E-state index in [-0.39, 0.29) is 6.42 Å². The SMILES string of the molecule is COC(=O)C[C@@H]1[C@@H]2[C@H](C(=O)OC)[C@H](C(=O)OC)ON2O[C@@H]1C(=O)OC. The molecule has 0 bridgehead atoms. The largest absolute Gasteiger partial charge is 0.469 e. The molecule has 2 rings (SSSR count). The predicted molar refractivity (Wildman–Crippen MR) is 75.0 cm³/mol. The highest BCUT2D eigenvalue weighted by molar-refractivity contribution is 5.85. The number of hydroxylamine groups is 2. The van der Waals surface area contributed by atoms with Gasteiger partial charge in [-0.2, -0.15) is 0 Å². The van der Waals surface area contributed by atoms with Crippen LogP contribution in [-0.2, 0) is 47.8 Å². The lowest BCUT2D eigenvalue weighted by Gasteiger charge is -2.22. The van der Waals surface area contributed by atoms with Gasteiger partial charge in [0.25, 0.3) is 0 Å². The lowest BCUT2D eigenvalue weighted by atomic mass is 9.82. The summed E-state index contributed by atoms with van der Waals surface area (Å²) in [5, 5.41) is 0.859. The number of hydrogen-bond donors (Lipinski definition) is 0. The molecule has 5 atom stereocenters. The van der Waals surface area contributed by atoms with Gasteiger partial charge in [0.15, 0.2) is 12.2 Å². The van der Waals surface area contributed by atoms with E-state index in [9.17, 15) is 19.2 Å². The van der Waals surface area contributed by atoms with Gasteiger partial charge >= 0.3 is 23.9 Å². The second-order valence-corrected chi connectivity index (χ2v) is 5.37. The number of hydrogen-bond acceptors (Lipinski definition) is 11. The third-order valence-electron chi connectivity index (χ3n) is 4.17. The maximum atomic E-state index is 12.2. The van der Waals surface area contributed by atoms with E-state index in [4.69, 9.17) is 14.4 Å². The number of fused-ring (bicyclic) bond motifs is 1. The van der Waals surface area contributed by atoms with Gasteiger partial charge in [0.1, 0.15) is 5.92 Å².